The number of hydrogen-bond donors (Lipinski definition) is 2. The van der Waals surface area contributed by atoms with Crippen LogP contribution >= 0.6 is 0 Å². The second-order valence-electron chi connectivity index (χ2n) is 7.99. The van der Waals surface area contributed by atoms with Gasteiger partial charge in [-0.15, -0.1) is 0 Å². The number of nitrogens with one attached hydrogen (secondary N) is 2. The first-order chi connectivity index (χ1) is 14.1. The molecule has 1 aromatic heterocycles. The van der Waals surface area contributed by atoms with Crippen LogP contribution < -0.4 is 10.6 Å². The van der Waals surface area contributed by atoms with Crippen LogP contribution in [0.2, 0.25) is 0 Å². The number of aryl methyl sites for hydroxylation is 3. The van der Waals surface area contributed by atoms with Gasteiger partial charge in [0, 0.05) is 44.5 Å². The lowest BCUT2D eigenvalue weighted by Gasteiger charge is -2.33. The van der Waals surface area contributed by atoms with E-state index in [1.54, 1.807) is 0 Å². The van der Waals surface area contributed by atoms with Crippen LogP contribution in [0.5, 0.6) is 0 Å². The molecule has 1 aromatic carbocycles. The molecule has 2 aromatic rings. The van der Waals surface area contributed by atoms with E-state index >= 15 is 0 Å². The molecule has 1 aliphatic rings. The molecule has 1 aliphatic heterocycles. The molecule has 0 saturated heterocycles. The minimum Gasteiger partial charge on any atom is -0.357 e. The minimum absolute atomic E-state index is 0.425. The molecule has 6 nitrogen and oxygen atoms in total. The third kappa shape index (κ3) is 6.07. The average molecular weight is 397 g/mol. The van der Waals surface area contributed by atoms with Gasteiger partial charge in [-0.3, -0.25) is 14.6 Å². The number of rotatable bonds is 8. The van der Waals surface area contributed by atoms with Crippen LogP contribution in [0.4, 0.5) is 0 Å². The zero-order valence-corrected chi connectivity index (χ0v) is 18.4. The lowest BCUT2D eigenvalue weighted by Crippen LogP contribution is -2.42. The van der Waals surface area contributed by atoms with Gasteiger partial charge in [0.15, 0.2) is 5.96 Å². The molecule has 158 valence electrons. The van der Waals surface area contributed by atoms with Gasteiger partial charge in [-0.05, 0) is 57.7 Å². The first-order valence-electron chi connectivity index (χ1n) is 10.9. The van der Waals surface area contributed by atoms with E-state index in [-0.39, 0.29) is 0 Å². The van der Waals surface area contributed by atoms with Crippen molar-refractivity contribution in [2.75, 3.05) is 26.2 Å². The van der Waals surface area contributed by atoms with Gasteiger partial charge in [-0.2, -0.15) is 5.10 Å². The summed E-state index contributed by atoms with van der Waals surface area (Å²) in [4.78, 5) is 7.38. The van der Waals surface area contributed by atoms with Crippen molar-refractivity contribution in [2.45, 2.75) is 59.7 Å². The standard InChI is InChI=1S/C23H36N6/c1-5-24-23(25-12-8-13-29-19(3)15-18(2)27-29)26-16-20(4)28-14-11-21-9-6-7-10-22(21)17-28/h6-7,9-10,15,20H,5,8,11-14,16-17H2,1-4H3,(H2,24,25,26). The highest BCUT2D eigenvalue weighted by molar-refractivity contribution is 5.79. The fourth-order valence-electron chi connectivity index (χ4n) is 3.91. The molecule has 1 atom stereocenters. The van der Waals surface area contributed by atoms with Crippen LogP contribution in [0, 0.1) is 13.8 Å². The first-order valence-corrected chi connectivity index (χ1v) is 10.9. The first kappa shape index (κ1) is 21.4. The predicted molar refractivity (Wildman–Crippen MR) is 120 cm³/mol. The lowest BCUT2D eigenvalue weighted by atomic mass is 9.99. The van der Waals surface area contributed by atoms with E-state index in [0.717, 1.165) is 63.8 Å². The van der Waals surface area contributed by atoms with Crippen molar-refractivity contribution in [1.82, 2.24) is 25.3 Å². The number of benzene rings is 1. The molecular weight excluding hydrogens is 360 g/mol. The van der Waals surface area contributed by atoms with E-state index in [4.69, 9.17) is 4.99 Å². The van der Waals surface area contributed by atoms with Gasteiger partial charge in [-0.25, -0.2) is 0 Å². The van der Waals surface area contributed by atoms with E-state index in [9.17, 15) is 0 Å². The van der Waals surface area contributed by atoms with Gasteiger partial charge in [0.05, 0.1) is 12.2 Å². The summed E-state index contributed by atoms with van der Waals surface area (Å²) < 4.78 is 2.08. The molecule has 0 fully saturated rings. The van der Waals surface area contributed by atoms with E-state index in [2.05, 4.69) is 76.4 Å². The predicted octanol–water partition coefficient (Wildman–Crippen LogP) is 2.89. The van der Waals surface area contributed by atoms with Gasteiger partial charge in [0.2, 0.25) is 0 Å². The number of guanidine groups is 1. The largest absolute Gasteiger partial charge is 0.357 e. The van der Waals surface area contributed by atoms with Crippen LogP contribution in [0.15, 0.2) is 35.3 Å². The molecule has 6 heteroatoms. The average Bonchev–Trinajstić information content (AvgIpc) is 3.05. The monoisotopic (exact) mass is 396 g/mol. The Balaban J connectivity index is 1.46. The van der Waals surface area contributed by atoms with Crippen molar-refractivity contribution in [2.24, 2.45) is 4.99 Å². The van der Waals surface area contributed by atoms with Crippen LogP contribution in [-0.2, 0) is 19.5 Å². The molecule has 0 saturated carbocycles. The lowest BCUT2D eigenvalue weighted by molar-refractivity contribution is 0.195. The molecule has 0 aliphatic carbocycles. The summed E-state index contributed by atoms with van der Waals surface area (Å²) in [5.41, 5.74) is 5.26. The number of aromatic nitrogens is 2. The number of hydrogen-bond acceptors (Lipinski definition) is 3. The van der Waals surface area contributed by atoms with Gasteiger partial charge < -0.3 is 10.6 Å². The molecule has 0 amide bonds. The highest BCUT2D eigenvalue weighted by Gasteiger charge is 2.20. The Kier molecular flexibility index (Phi) is 7.69. The number of nitrogens with zero attached hydrogens (tertiary/aromatic N) is 4. The summed E-state index contributed by atoms with van der Waals surface area (Å²) >= 11 is 0. The molecule has 0 radical (unpaired) electrons. The molecule has 0 spiro atoms. The van der Waals surface area contributed by atoms with E-state index in [1.165, 1.54) is 16.8 Å². The van der Waals surface area contributed by atoms with Gasteiger partial charge >= 0.3 is 0 Å². The van der Waals surface area contributed by atoms with Gasteiger partial charge in [0.1, 0.15) is 0 Å². The molecule has 1 unspecified atom stereocenters. The van der Waals surface area contributed by atoms with Crippen molar-refractivity contribution in [3.05, 3.63) is 52.8 Å². The third-order valence-electron chi connectivity index (χ3n) is 5.58. The minimum atomic E-state index is 0.425. The molecule has 2 heterocycles. The fraction of sp³-hybridized carbons (Fsp3) is 0.565. The van der Waals surface area contributed by atoms with E-state index in [1.807, 2.05) is 6.92 Å². The van der Waals surface area contributed by atoms with Crippen molar-refractivity contribution < 1.29 is 0 Å². The van der Waals surface area contributed by atoms with Crippen molar-refractivity contribution in [3.8, 4) is 0 Å². The Morgan fingerprint density at radius 2 is 2.00 bits per heavy atom. The summed E-state index contributed by atoms with van der Waals surface area (Å²) in [6.45, 7) is 14.2. The SMILES string of the molecule is CCNC(=NCC(C)N1CCc2ccccc2C1)NCCCn1nc(C)cc1C. The molecule has 0 bridgehead atoms. The van der Waals surface area contributed by atoms with E-state index in [0.29, 0.717) is 6.04 Å². The Bertz CT molecular complexity index is 809. The normalized spacial score (nSPS) is 15.8. The summed E-state index contributed by atoms with van der Waals surface area (Å²) in [6.07, 6.45) is 2.15. The summed E-state index contributed by atoms with van der Waals surface area (Å²) in [5.74, 6) is 0.908. The maximum absolute atomic E-state index is 4.84. The highest BCUT2D eigenvalue weighted by Crippen LogP contribution is 2.20. The van der Waals surface area contributed by atoms with Crippen LogP contribution in [0.3, 0.4) is 0 Å². The maximum Gasteiger partial charge on any atom is 0.191 e. The van der Waals surface area contributed by atoms with Crippen molar-refractivity contribution in [3.63, 3.8) is 0 Å². The maximum atomic E-state index is 4.84. The molecule has 29 heavy (non-hydrogen) atoms. The quantitative estimate of drug-likeness (QED) is 0.409. The van der Waals surface area contributed by atoms with Crippen molar-refractivity contribution in [1.29, 1.82) is 0 Å². The zero-order valence-electron chi connectivity index (χ0n) is 18.4. The van der Waals surface area contributed by atoms with Crippen LogP contribution in [-0.4, -0.2) is 52.9 Å². The molecular formula is C23H36N6. The highest BCUT2D eigenvalue weighted by atomic mass is 15.3. The summed E-state index contributed by atoms with van der Waals surface area (Å²) in [7, 11) is 0. The van der Waals surface area contributed by atoms with E-state index < -0.39 is 0 Å². The van der Waals surface area contributed by atoms with Gasteiger partial charge in [-0.1, -0.05) is 24.3 Å². The second-order valence-corrected chi connectivity index (χ2v) is 7.99. The summed E-state index contributed by atoms with van der Waals surface area (Å²) in [6, 6.07) is 11.4. The van der Waals surface area contributed by atoms with Crippen LogP contribution in [0.1, 0.15) is 42.8 Å². The zero-order chi connectivity index (χ0) is 20.6. The fourth-order valence-corrected chi connectivity index (χ4v) is 3.91. The van der Waals surface area contributed by atoms with Crippen molar-refractivity contribution >= 4 is 5.96 Å². The Labute approximate surface area is 175 Å². The number of aliphatic imine (C=N–C) groups is 1. The Hall–Kier alpha value is -2.34. The Morgan fingerprint density at radius 1 is 1.21 bits per heavy atom. The summed E-state index contributed by atoms with van der Waals surface area (Å²) in [5, 5.41) is 11.4. The molecule has 3 rings (SSSR count). The van der Waals surface area contributed by atoms with Gasteiger partial charge in [0.25, 0.3) is 0 Å². The second kappa shape index (κ2) is 10.4. The van der Waals surface area contributed by atoms with Crippen LogP contribution in [0.25, 0.3) is 0 Å². The topological polar surface area (TPSA) is 57.5 Å². The number of fused-ring (bicyclic) bond motifs is 1. The smallest absolute Gasteiger partial charge is 0.191 e. The Morgan fingerprint density at radius 3 is 2.72 bits per heavy atom. The third-order valence-corrected chi connectivity index (χ3v) is 5.58. The molecule has 2 N–H and O–H groups in total.